The summed E-state index contributed by atoms with van der Waals surface area (Å²) in [5.41, 5.74) is 7.34. The van der Waals surface area contributed by atoms with E-state index in [0.717, 1.165) is 11.3 Å². The highest BCUT2D eigenvalue weighted by Gasteiger charge is 2.06. The molecular formula is C12H11BrN2O. The average molecular weight is 279 g/mol. The normalized spacial score (nSPS) is 10.1. The molecule has 0 aliphatic carbocycles. The standard InChI is InChI=1S/C12H11BrN2O/c1-8-4-2-3-5-10(8)16-12-9(14)6-7-11(13)15-12/h2-7H,14H2,1H3. The summed E-state index contributed by atoms with van der Waals surface area (Å²) in [6.07, 6.45) is 0. The van der Waals surface area contributed by atoms with Crippen LogP contribution in [0.1, 0.15) is 5.56 Å². The molecule has 0 unspecified atom stereocenters. The number of ether oxygens (including phenoxy) is 1. The van der Waals surface area contributed by atoms with Crippen molar-refractivity contribution >= 4 is 21.6 Å². The van der Waals surface area contributed by atoms with Crippen molar-refractivity contribution in [3.8, 4) is 11.6 Å². The van der Waals surface area contributed by atoms with Crippen LogP contribution in [0, 0.1) is 6.92 Å². The predicted octanol–water partition coefficient (Wildman–Crippen LogP) is 3.53. The Kier molecular flexibility index (Phi) is 3.10. The Balaban J connectivity index is 2.34. The van der Waals surface area contributed by atoms with Crippen LogP contribution < -0.4 is 10.5 Å². The number of para-hydroxylation sites is 1. The van der Waals surface area contributed by atoms with Crippen LogP contribution >= 0.6 is 15.9 Å². The van der Waals surface area contributed by atoms with Gasteiger partial charge in [0.25, 0.3) is 0 Å². The van der Waals surface area contributed by atoms with Gasteiger partial charge in [-0.25, -0.2) is 4.98 Å². The number of nitrogens with two attached hydrogens (primary N) is 1. The molecule has 0 bridgehead atoms. The zero-order valence-electron chi connectivity index (χ0n) is 8.77. The molecule has 4 heteroatoms. The summed E-state index contributed by atoms with van der Waals surface area (Å²) < 4.78 is 6.35. The molecule has 2 aromatic rings. The number of benzene rings is 1. The third-order valence-electron chi connectivity index (χ3n) is 2.16. The van der Waals surface area contributed by atoms with E-state index in [-0.39, 0.29) is 0 Å². The minimum absolute atomic E-state index is 0.420. The first kappa shape index (κ1) is 11.0. The van der Waals surface area contributed by atoms with Gasteiger partial charge in [0.1, 0.15) is 10.4 Å². The second-order valence-corrected chi connectivity index (χ2v) is 4.21. The fraction of sp³-hybridized carbons (Fsp3) is 0.0833. The van der Waals surface area contributed by atoms with Crippen molar-refractivity contribution in [2.75, 3.05) is 5.73 Å². The molecule has 1 aromatic heterocycles. The summed E-state index contributed by atoms with van der Waals surface area (Å²) in [5.74, 6) is 1.18. The number of hydrogen-bond acceptors (Lipinski definition) is 3. The van der Waals surface area contributed by atoms with Crippen LogP contribution in [0.25, 0.3) is 0 Å². The topological polar surface area (TPSA) is 48.1 Å². The van der Waals surface area contributed by atoms with Gasteiger partial charge in [-0.2, -0.15) is 0 Å². The molecule has 1 aromatic carbocycles. The lowest BCUT2D eigenvalue weighted by Crippen LogP contribution is -1.96. The highest BCUT2D eigenvalue weighted by molar-refractivity contribution is 9.10. The van der Waals surface area contributed by atoms with Gasteiger partial charge in [-0.05, 0) is 46.6 Å². The number of hydrogen-bond donors (Lipinski definition) is 1. The third kappa shape index (κ3) is 2.33. The van der Waals surface area contributed by atoms with Crippen molar-refractivity contribution in [2.45, 2.75) is 6.92 Å². The lowest BCUT2D eigenvalue weighted by molar-refractivity contribution is 0.461. The zero-order chi connectivity index (χ0) is 11.5. The van der Waals surface area contributed by atoms with Crippen molar-refractivity contribution in [2.24, 2.45) is 0 Å². The van der Waals surface area contributed by atoms with E-state index in [9.17, 15) is 0 Å². The van der Waals surface area contributed by atoms with E-state index in [1.807, 2.05) is 31.2 Å². The summed E-state index contributed by atoms with van der Waals surface area (Å²) in [4.78, 5) is 4.18. The van der Waals surface area contributed by atoms with Crippen molar-refractivity contribution in [1.29, 1.82) is 0 Å². The molecule has 0 spiro atoms. The van der Waals surface area contributed by atoms with Crippen LogP contribution in [0.5, 0.6) is 11.6 Å². The Morgan fingerprint density at radius 2 is 1.94 bits per heavy atom. The molecule has 16 heavy (non-hydrogen) atoms. The molecule has 0 amide bonds. The van der Waals surface area contributed by atoms with Crippen LogP contribution in [-0.2, 0) is 0 Å². The van der Waals surface area contributed by atoms with E-state index in [1.54, 1.807) is 12.1 Å². The number of rotatable bonds is 2. The number of anilines is 1. The van der Waals surface area contributed by atoms with Gasteiger partial charge >= 0.3 is 0 Å². The van der Waals surface area contributed by atoms with Gasteiger partial charge in [0.15, 0.2) is 0 Å². The summed E-state index contributed by atoms with van der Waals surface area (Å²) in [5, 5.41) is 0. The first-order valence-corrected chi connectivity index (χ1v) is 5.61. The molecule has 82 valence electrons. The summed E-state index contributed by atoms with van der Waals surface area (Å²) >= 11 is 3.28. The zero-order valence-corrected chi connectivity index (χ0v) is 10.4. The number of pyridine rings is 1. The van der Waals surface area contributed by atoms with Gasteiger partial charge in [-0.3, -0.25) is 0 Å². The smallest absolute Gasteiger partial charge is 0.243 e. The Morgan fingerprint density at radius 1 is 1.19 bits per heavy atom. The fourth-order valence-electron chi connectivity index (χ4n) is 1.29. The molecule has 2 rings (SSSR count). The molecule has 0 fully saturated rings. The van der Waals surface area contributed by atoms with Gasteiger partial charge < -0.3 is 10.5 Å². The quantitative estimate of drug-likeness (QED) is 0.855. The first-order valence-electron chi connectivity index (χ1n) is 4.82. The lowest BCUT2D eigenvalue weighted by Gasteiger charge is -2.09. The number of nitrogens with zero attached hydrogens (tertiary/aromatic N) is 1. The molecule has 0 saturated heterocycles. The van der Waals surface area contributed by atoms with Crippen LogP contribution in [0.4, 0.5) is 5.69 Å². The molecule has 0 aliphatic heterocycles. The Morgan fingerprint density at radius 3 is 2.69 bits per heavy atom. The van der Waals surface area contributed by atoms with E-state index in [1.165, 1.54) is 0 Å². The van der Waals surface area contributed by atoms with E-state index < -0.39 is 0 Å². The lowest BCUT2D eigenvalue weighted by atomic mass is 10.2. The highest BCUT2D eigenvalue weighted by atomic mass is 79.9. The van der Waals surface area contributed by atoms with E-state index in [4.69, 9.17) is 10.5 Å². The van der Waals surface area contributed by atoms with Gasteiger partial charge in [0.05, 0.1) is 5.69 Å². The Bertz CT molecular complexity index is 514. The van der Waals surface area contributed by atoms with Gasteiger partial charge in [0.2, 0.25) is 5.88 Å². The monoisotopic (exact) mass is 278 g/mol. The fourth-order valence-corrected chi connectivity index (χ4v) is 1.58. The minimum atomic E-state index is 0.420. The van der Waals surface area contributed by atoms with Crippen molar-refractivity contribution < 1.29 is 4.74 Å². The number of aryl methyl sites for hydroxylation is 1. The first-order chi connectivity index (χ1) is 7.66. The Hall–Kier alpha value is -1.55. The van der Waals surface area contributed by atoms with E-state index in [0.29, 0.717) is 16.2 Å². The van der Waals surface area contributed by atoms with Crippen LogP contribution in [0.3, 0.4) is 0 Å². The molecule has 2 N–H and O–H groups in total. The maximum Gasteiger partial charge on any atom is 0.243 e. The summed E-state index contributed by atoms with van der Waals surface area (Å²) in [6, 6.07) is 11.3. The molecule has 0 radical (unpaired) electrons. The molecular weight excluding hydrogens is 268 g/mol. The summed E-state index contributed by atoms with van der Waals surface area (Å²) in [7, 11) is 0. The maximum atomic E-state index is 5.78. The van der Waals surface area contributed by atoms with Crippen LogP contribution in [-0.4, -0.2) is 4.98 Å². The van der Waals surface area contributed by atoms with Crippen LogP contribution in [0.15, 0.2) is 41.0 Å². The SMILES string of the molecule is Cc1ccccc1Oc1nc(Br)ccc1N. The van der Waals surface area contributed by atoms with Crippen molar-refractivity contribution in [3.05, 3.63) is 46.6 Å². The molecule has 1 heterocycles. The molecule has 3 nitrogen and oxygen atoms in total. The average Bonchev–Trinajstić information content (AvgIpc) is 2.27. The molecule has 0 aliphatic rings. The largest absolute Gasteiger partial charge is 0.437 e. The van der Waals surface area contributed by atoms with Crippen LogP contribution in [0.2, 0.25) is 0 Å². The maximum absolute atomic E-state index is 5.78. The summed E-state index contributed by atoms with van der Waals surface area (Å²) in [6.45, 7) is 1.98. The van der Waals surface area contributed by atoms with Gasteiger partial charge in [0, 0.05) is 0 Å². The minimum Gasteiger partial charge on any atom is -0.437 e. The van der Waals surface area contributed by atoms with Crippen molar-refractivity contribution in [1.82, 2.24) is 4.98 Å². The number of aromatic nitrogens is 1. The molecule has 0 atom stereocenters. The molecule has 0 saturated carbocycles. The van der Waals surface area contributed by atoms with Crippen molar-refractivity contribution in [3.63, 3.8) is 0 Å². The predicted molar refractivity (Wildman–Crippen MR) is 67.6 cm³/mol. The number of nitrogen functional groups attached to an aromatic ring is 1. The second-order valence-electron chi connectivity index (χ2n) is 3.40. The number of halogens is 1. The van der Waals surface area contributed by atoms with E-state index >= 15 is 0 Å². The van der Waals surface area contributed by atoms with E-state index in [2.05, 4.69) is 20.9 Å². The highest BCUT2D eigenvalue weighted by Crippen LogP contribution is 2.28. The Labute approximate surface area is 102 Å². The third-order valence-corrected chi connectivity index (χ3v) is 2.60. The van der Waals surface area contributed by atoms with Gasteiger partial charge in [-0.1, -0.05) is 18.2 Å². The van der Waals surface area contributed by atoms with Gasteiger partial charge in [-0.15, -0.1) is 0 Å². The second kappa shape index (κ2) is 4.53.